The van der Waals surface area contributed by atoms with E-state index in [0.29, 0.717) is 22.7 Å². The summed E-state index contributed by atoms with van der Waals surface area (Å²) in [5.41, 5.74) is 1.69. The van der Waals surface area contributed by atoms with E-state index in [1.54, 1.807) is 38.3 Å². The van der Waals surface area contributed by atoms with Crippen LogP contribution in [0.2, 0.25) is 0 Å². The summed E-state index contributed by atoms with van der Waals surface area (Å²) in [5, 5.41) is 0.863. The molecule has 30 heavy (non-hydrogen) atoms. The second kappa shape index (κ2) is 8.53. The third-order valence-corrected chi connectivity index (χ3v) is 5.36. The summed E-state index contributed by atoms with van der Waals surface area (Å²) in [5.74, 6) is 0.487. The lowest BCUT2D eigenvalue weighted by Gasteiger charge is -2.21. The molecule has 0 amide bonds. The van der Waals surface area contributed by atoms with Gasteiger partial charge < -0.3 is 14.4 Å². The molecule has 0 bridgehead atoms. The zero-order chi connectivity index (χ0) is 21.1. The average Bonchev–Trinajstić information content (AvgIpc) is 3.32. The standard InChI is InChI=1S/C24H24N2O4/c1-16(22(27)17-9-11-19(29-2)12-10-17)30-24(28)20-15-18-7-3-4-8-21(18)25-23(20)26-13-5-6-14-26/h3-4,7-12,15-16H,5-6,13-14H2,1-2H3. The van der Waals surface area contributed by atoms with Crippen molar-refractivity contribution < 1.29 is 19.1 Å². The monoisotopic (exact) mass is 404 g/mol. The summed E-state index contributed by atoms with van der Waals surface area (Å²) in [6.07, 6.45) is 1.22. The van der Waals surface area contributed by atoms with Gasteiger partial charge in [-0.3, -0.25) is 4.79 Å². The molecular formula is C24H24N2O4. The molecular weight excluding hydrogens is 380 g/mol. The highest BCUT2D eigenvalue weighted by Crippen LogP contribution is 2.27. The van der Waals surface area contributed by atoms with Crippen molar-refractivity contribution in [1.82, 2.24) is 4.98 Å². The van der Waals surface area contributed by atoms with Crippen LogP contribution in [-0.2, 0) is 4.74 Å². The number of nitrogens with zero attached hydrogens (tertiary/aromatic N) is 2. The highest BCUT2D eigenvalue weighted by molar-refractivity contribution is 6.03. The lowest BCUT2D eigenvalue weighted by atomic mass is 10.1. The number of ketones is 1. The first kappa shape index (κ1) is 19.9. The summed E-state index contributed by atoms with van der Waals surface area (Å²) >= 11 is 0. The van der Waals surface area contributed by atoms with Crippen LogP contribution in [0.25, 0.3) is 10.9 Å². The third-order valence-electron chi connectivity index (χ3n) is 5.36. The predicted octanol–water partition coefficient (Wildman–Crippen LogP) is 4.27. The Bertz CT molecular complexity index is 1070. The minimum Gasteiger partial charge on any atom is -0.497 e. The van der Waals surface area contributed by atoms with Gasteiger partial charge in [0.25, 0.3) is 0 Å². The molecule has 0 saturated carbocycles. The van der Waals surface area contributed by atoms with Crippen molar-refractivity contribution in [3.8, 4) is 5.75 Å². The van der Waals surface area contributed by atoms with Crippen LogP contribution in [0.3, 0.4) is 0 Å². The normalized spacial score (nSPS) is 14.5. The number of carbonyl (C=O) groups excluding carboxylic acids is 2. The Hall–Kier alpha value is -3.41. The molecule has 2 heterocycles. The average molecular weight is 404 g/mol. The van der Waals surface area contributed by atoms with Crippen LogP contribution in [-0.4, -0.2) is 43.0 Å². The summed E-state index contributed by atoms with van der Waals surface area (Å²) in [7, 11) is 1.57. The minimum atomic E-state index is -0.913. The van der Waals surface area contributed by atoms with E-state index in [4.69, 9.17) is 14.5 Å². The fourth-order valence-electron chi connectivity index (χ4n) is 3.69. The van der Waals surface area contributed by atoms with Gasteiger partial charge in [0.05, 0.1) is 12.6 Å². The van der Waals surface area contributed by atoms with Crippen molar-refractivity contribution in [3.05, 3.63) is 65.7 Å². The molecule has 0 spiro atoms. The van der Waals surface area contributed by atoms with Crippen LogP contribution in [0.1, 0.15) is 40.5 Å². The zero-order valence-electron chi connectivity index (χ0n) is 17.1. The van der Waals surface area contributed by atoms with E-state index in [2.05, 4.69) is 4.90 Å². The molecule has 1 aromatic heterocycles. The van der Waals surface area contributed by atoms with Gasteiger partial charge in [0.1, 0.15) is 17.1 Å². The first-order valence-electron chi connectivity index (χ1n) is 10.1. The van der Waals surface area contributed by atoms with Crippen molar-refractivity contribution in [2.75, 3.05) is 25.1 Å². The number of para-hydroxylation sites is 1. The van der Waals surface area contributed by atoms with Crippen LogP contribution in [0, 0.1) is 0 Å². The van der Waals surface area contributed by atoms with Crippen molar-refractivity contribution in [2.24, 2.45) is 0 Å². The number of benzene rings is 2. The number of ether oxygens (including phenoxy) is 2. The summed E-state index contributed by atoms with van der Waals surface area (Å²) in [4.78, 5) is 32.6. The van der Waals surface area contributed by atoms with Gasteiger partial charge in [-0.1, -0.05) is 18.2 Å². The Kier molecular flexibility index (Phi) is 5.65. The number of carbonyl (C=O) groups is 2. The number of aromatic nitrogens is 1. The van der Waals surface area contributed by atoms with Crippen molar-refractivity contribution in [3.63, 3.8) is 0 Å². The second-order valence-corrected chi connectivity index (χ2v) is 7.39. The van der Waals surface area contributed by atoms with Gasteiger partial charge in [-0.25, -0.2) is 9.78 Å². The summed E-state index contributed by atoms with van der Waals surface area (Å²) in [6.45, 7) is 3.30. The molecule has 6 heteroatoms. The van der Waals surface area contributed by atoms with Gasteiger partial charge in [-0.15, -0.1) is 0 Å². The van der Waals surface area contributed by atoms with E-state index in [0.717, 1.165) is 36.8 Å². The maximum atomic E-state index is 13.1. The van der Waals surface area contributed by atoms with Crippen molar-refractivity contribution in [2.45, 2.75) is 25.9 Å². The number of fused-ring (bicyclic) bond motifs is 1. The Morgan fingerprint density at radius 2 is 1.73 bits per heavy atom. The third kappa shape index (κ3) is 3.99. The van der Waals surface area contributed by atoms with Gasteiger partial charge in [-0.05, 0) is 56.2 Å². The van der Waals surface area contributed by atoms with Gasteiger partial charge in [0.2, 0.25) is 5.78 Å². The van der Waals surface area contributed by atoms with Crippen molar-refractivity contribution in [1.29, 1.82) is 0 Å². The molecule has 0 aliphatic carbocycles. The number of esters is 1. The van der Waals surface area contributed by atoms with E-state index in [9.17, 15) is 9.59 Å². The van der Waals surface area contributed by atoms with E-state index >= 15 is 0 Å². The molecule has 1 atom stereocenters. The zero-order valence-corrected chi connectivity index (χ0v) is 17.1. The first-order chi connectivity index (χ1) is 14.6. The molecule has 1 aliphatic rings. The first-order valence-corrected chi connectivity index (χ1v) is 10.1. The Balaban J connectivity index is 1.59. The van der Waals surface area contributed by atoms with Gasteiger partial charge in [-0.2, -0.15) is 0 Å². The van der Waals surface area contributed by atoms with E-state index in [1.807, 2.05) is 30.3 Å². The maximum absolute atomic E-state index is 13.1. The maximum Gasteiger partial charge on any atom is 0.342 e. The van der Waals surface area contributed by atoms with Gasteiger partial charge >= 0.3 is 5.97 Å². The number of Topliss-reactive ketones (excluding diaryl/α,β-unsaturated/α-hetero) is 1. The molecule has 0 N–H and O–H groups in total. The number of hydrogen-bond donors (Lipinski definition) is 0. The van der Waals surface area contributed by atoms with Crippen LogP contribution in [0.15, 0.2) is 54.6 Å². The minimum absolute atomic E-state index is 0.262. The molecule has 0 radical (unpaired) electrons. The lowest BCUT2D eigenvalue weighted by molar-refractivity contribution is 0.0319. The Labute approximate surface area is 175 Å². The summed E-state index contributed by atoms with van der Waals surface area (Å²) < 4.78 is 10.7. The largest absolute Gasteiger partial charge is 0.497 e. The number of rotatable bonds is 6. The molecule has 1 fully saturated rings. The van der Waals surface area contributed by atoms with E-state index in [1.165, 1.54) is 0 Å². The predicted molar refractivity (Wildman–Crippen MR) is 115 cm³/mol. The molecule has 1 unspecified atom stereocenters. The number of anilines is 1. The molecule has 1 aliphatic heterocycles. The topological polar surface area (TPSA) is 68.7 Å². The SMILES string of the molecule is COc1ccc(C(=O)C(C)OC(=O)c2cc3ccccc3nc2N2CCCC2)cc1. The fourth-order valence-corrected chi connectivity index (χ4v) is 3.69. The number of methoxy groups -OCH3 is 1. The second-order valence-electron chi connectivity index (χ2n) is 7.39. The Morgan fingerprint density at radius 1 is 1.03 bits per heavy atom. The molecule has 3 aromatic rings. The molecule has 2 aromatic carbocycles. The van der Waals surface area contributed by atoms with Crippen LogP contribution in [0.5, 0.6) is 5.75 Å². The lowest BCUT2D eigenvalue weighted by Crippen LogP contribution is -2.27. The van der Waals surface area contributed by atoms with Crippen LogP contribution in [0.4, 0.5) is 5.82 Å². The molecule has 4 rings (SSSR count). The van der Waals surface area contributed by atoms with Gasteiger partial charge in [0, 0.05) is 24.0 Å². The van der Waals surface area contributed by atoms with Gasteiger partial charge in [0.15, 0.2) is 6.10 Å². The smallest absolute Gasteiger partial charge is 0.342 e. The molecule has 6 nitrogen and oxygen atoms in total. The number of pyridine rings is 1. The van der Waals surface area contributed by atoms with E-state index < -0.39 is 12.1 Å². The number of hydrogen-bond acceptors (Lipinski definition) is 6. The molecule has 154 valence electrons. The van der Waals surface area contributed by atoms with E-state index in [-0.39, 0.29) is 5.78 Å². The van der Waals surface area contributed by atoms with Crippen LogP contribution >= 0.6 is 0 Å². The highest BCUT2D eigenvalue weighted by atomic mass is 16.5. The fraction of sp³-hybridized carbons (Fsp3) is 0.292. The van der Waals surface area contributed by atoms with Crippen molar-refractivity contribution >= 4 is 28.5 Å². The summed E-state index contributed by atoms with van der Waals surface area (Å²) in [6, 6.07) is 16.2. The Morgan fingerprint density at radius 3 is 2.43 bits per heavy atom. The quantitative estimate of drug-likeness (QED) is 0.451. The molecule has 1 saturated heterocycles. The highest BCUT2D eigenvalue weighted by Gasteiger charge is 2.26. The van der Waals surface area contributed by atoms with Crippen LogP contribution < -0.4 is 9.64 Å².